The fourth-order valence-electron chi connectivity index (χ4n) is 3.41. The summed E-state index contributed by atoms with van der Waals surface area (Å²) in [6, 6.07) is 7.51. The monoisotopic (exact) mass is 457 g/mol. The Hall–Kier alpha value is -2.81. The molecule has 29 heavy (non-hydrogen) atoms. The Morgan fingerprint density at radius 3 is 2.83 bits per heavy atom. The molecule has 1 amide bonds. The minimum Gasteiger partial charge on any atom is -0.458 e. The van der Waals surface area contributed by atoms with Crippen LogP contribution in [0.2, 0.25) is 0 Å². The summed E-state index contributed by atoms with van der Waals surface area (Å²) >= 11 is 3.29. The number of ether oxygens (including phenoxy) is 1. The van der Waals surface area contributed by atoms with Crippen LogP contribution in [0, 0.1) is 0 Å². The van der Waals surface area contributed by atoms with Crippen LogP contribution in [0.25, 0.3) is 10.9 Å². The number of hydrogen-bond acceptors (Lipinski definition) is 6. The summed E-state index contributed by atoms with van der Waals surface area (Å²) in [7, 11) is 0. The van der Waals surface area contributed by atoms with E-state index in [-0.39, 0.29) is 24.0 Å². The van der Waals surface area contributed by atoms with Gasteiger partial charge in [-0.25, -0.2) is 15.0 Å². The summed E-state index contributed by atoms with van der Waals surface area (Å²) in [5, 5.41) is 0.559. The van der Waals surface area contributed by atoms with Crippen molar-refractivity contribution < 1.29 is 9.53 Å². The molecule has 9 heteroatoms. The van der Waals surface area contributed by atoms with E-state index >= 15 is 0 Å². The standard InChI is InChI=1S/C20H20BrN5O3/c21-14-10-22-20(23-11-14)29-15-4-3-8-25(12-15)18(27)7-9-26-13-24-17-6-2-1-5-16(17)19(26)28/h1-2,5-6,10-11,13,15H,3-4,7-9,12H2. The number of benzene rings is 1. The number of aryl methyl sites for hydroxylation is 1. The maximum absolute atomic E-state index is 12.7. The van der Waals surface area contributed by atoms with Gasteiger partial charge in [0, 0.05) is 31.9 Å². The second-order valence-corrected chi connectivity index (χ2v) is 7.83. The molecular formula is C20H20BrN5O3. The van der Waals surface area contributed by atoms with Gasteiger partial charge in [0.2, 0.25) is 5.91 Å². The van der Waals surface area contributed by atoms with Gasteiger partial charge in [0.25, 0.3) is 5.56 Å². The number of rotatable bonds is 5. The number of likely N-dealkylation sites (tertiary alicyclic amines) is 1. The first-order valence-corrected chi connectivity index (χ1v) is 10.3. The second-order valence-electron chi connectivity index (χ2n) is 6.92. The molecule has 0 radical (unpaired) electrons. The number of halogens is 1. The third-order valence-corrected chi connectivity index (χ3v) is 5.31. The Bertz CT molecular complexity index is 1070. The molecule has 1 saturated heterocycles. The number of nitrogens with zero attached hydrogens (tertiary/aromatic N) is 5. The van der Waals surface area contributed by atoms with Crippen LogP contribution < -0.4 is 10.3 Å². The summed E-state index contributed by atoms with van der Waals surface area (Å²) in [6.45, 7) is 1.47. The van der Waals surface area contributed by atoms with Crippen LogP contribution in [0.4, 0.5) is 0 Å². The molecule has 0 bridgehead atoms. The predicted octanol–water partition coefficient (Wildman–Crippen LogP) is 2.41. The highest BCUT2D eigenvalue weighted by Gasteiger charge is 2.25. The van der Waals surface area contributed by atoms with E-state index in [9.17, 15) is 9.59 Å². The van der Waals surface area contributed by atoms with Crippen molar-refractivity contribution in [2.24, 2.45) is 0 Å². The first-order chi connectivity index (χ1) is 14.1. The number of aromatic nitrogens is 4. The molecule has 1 aliphatic rings. The predicted molar refractivity (Wildman–Crippen MR) is 111 cm³/mol. The summed E-state index contributed by atoms with van der Waals surface area (Å²) in [5.41, 5.74) is 0.530. The lowest BCUT2D eigenvalue weighted by molar-refractivity contribution is -0.134. The molecule has 150 valence electrons. The molecule has 0 saturated carbocycles. The van der Waals surface area contributed by atoms with Crippen molar-refractivity contribution in [3.05, 3.63) is 57.8 Å². The lowest BCUT2D eigenvalue weighted by Gasteiger charge is -2.32. The minimum absolute atomic E-state index is 0.00455. The minimum atomic E-state index is -0.140. The summed E-state index contributed by atoms with van der Waals surface area (Å²) in [5.74, 6) is -0.00455. The molecule has 0 spiro atoms. The number of carbonyl (C=O) groups excluding carboxylic acids is 1. The first-order valence-electron chi connectivity index (χ1n) is 9.46. The van der Waals surface area contributed by atoms with E-state index in [2.05, 4.69) is 30.9 Å². The van der Waals surface area contributed by atoms with Gasteiger partial charge in [0.15, 0.2) is 0 Å². The molecule has 1 fully saturated rings. The summed E-state index contributed by atoms with van der Waals surface area (Å²) in [4.78, 5) is 39.6. The molecule has 3 aromatic rings. The summed E-state index contributed by atoms with van der Waals surface area (Å²) in [6.07, 6.45) is 6.56. The zero-order chi connectivity index (χ0) is 20.2. The van der Waals surface area contributed by atoms with Gasteiger partial charge in [0.05, 0.1) is 28.2 Å². The third-order valence-electron chi connectivity index (χ3n) is 4.90. The second kappa shape index (κ2) is 8.69. The Labute approximate surface area is 175 Å². The first kappa shape index (κ1) is 19.5. The van der Waals surface area contributed by atoms with E-state index in [1.807, 2.05) is 12.1 Å². The van der Waals surface area contributed by atoms with Crippen LogP contribution in [0.3, 0.4) is 0 Å². The average molecular weight is 458 g/mol. The number of carbonyl (C=O) groups is 1. The van der Waals surface area contributed by atoms with Crippen molar-refractivity contribution in [2.75, 3.05) is 13.1 Å². The van der Waals surface area contributed by atoms with Crippen LogP contribution in [-0.4, -0.2) is 49.5 Å². The molecule has 0 aliphatic carbocycles. The number of piperidine rings is 1. The average Bonchev–Trinajstić information content (AvgIpc) is 2.75. The largest absolute Gasteiger partial charge is 0.458 e. The van der Waals surface area contributed by atoms with Gasteiger partial charge in [-0.05, 0) is 40.9 Å². The van der Waals surface area contributed by atoms with Crippen molar-refractivity contribution in [2.45, 2.75) is 31.9 Å². The molecule has 1 unspecified atom stereocenters. The van der Waals surface area contributed by atoms with E-state index in [0.29, 0.717) is 36.5 Å². The lowest BCUT2D eigenvalue weighted by atomic mass is 10.1. The molecule has 3 heterocycles. The Morgan fingerprint density at radius 2 is 2.00 bits per heavy atom. The fraction of sp³-hybridized carbons (Fsp3) is 0.350. The van der Waals surface area contributed by atoms with E-state index < -0.39 is 0 Å². The molecule has 0 N–H and O–H groups in total. The molecule has 1 atom stereocenters. The van der Waals surface area contributed by atoms with Gasteiger partial charge in [-0.15, -0.1) is 0 Å². The normalized spacial score (nSPS) is 16.7. The number of para-hydroxylation sites is 1. The zero-order valence-corrected chi connectivity index (χ0v) is 17.3. The van der Waals surface area contributed by atoms with Gasteiger partial charge in [0.1, 0.15) is 6.10 Å². The molecule has 4 rings (SSSR count). The number of hydrogen-bond donors (Lipinski definition) is 0. The maximum atomic E-state index is 12.7. The van der Waals surface area contributed by atoms with Crippen LogP contribution in [0.15, 0.2) is 52.3 Å². The van der Waals surface area contributed by atoms with E-state index in [4.69, 9.17) is 4.74 Å². The molecule has 1 aliphatic heterocycles. The van der Waals surface area contributed by atoms with Crippen LogP contribution in [0.5, 0.6) is 6.01 Å². The molecule has 8 nitrogen and oxygen atoms in total. The highest BCUT2D eigenvalue weighted by atomic mass is 79.9. The SMILES string of the molecule is O=C(CCn1cnc2ccccc2c1=O)N1CCCC(Oc2ncc(Br)cn2)C1. The fourth-order valence-corrected chi connectivity index (χ4v) is 3.62. The molecule has 2 aromatic heterocycles. The Balaban J connectivity index is 1.36. The van der Waals surface area contributed by atoms with Crippen LogP contribution in [-0.2, 0) is 11.3 Å². The quantitative estimate of drug-likeness (QED) is 0.584. The van der Waals surface area contributed by atoms with Crippen molar-refractivity contribution in [1.29, 1.82) is 0 Å². The smallest absolute Gasteiger partial charge is 0.316 e. The van der Waals surface area contributed by atoms with E-state index in [0.717, 1.165) is 17.3 Å². The highest BCUT2D eigenvalue weighted by Crippen LogP contribution is 2.17. The van der Waals surface area contributed by atoms with Crippen molar-refractivity contribution in [3.63, 3.8) is 0 Å². The van der Waals surface area contributed by atoms with Gasteiger partial charge >= 0.3 is 6.01 Å². The van der Waals surface area contributed by atoms with Crippen LogP contribution >= 0.6 is 15.9 Å². The topological polar surface area (TPSA) is 90.2 Å². The maximum Gasteiger partial charge on any atom is 0.316 e. The van der Waals surface area contributed by atoms with E-state index in [1.54, 1.807) is 29.4 Å². The number of fused-ring (bicyclic) bond motifs is 1. The highest BCUT2D eigenvalue weighted by molar-refractivity contribution is 9.10. The Morgan fingerprint density at radius 1 is 1.21 bits per heavy atom. The third kappa shape index (κ3) is 4.61. The van der Waals surface area contributed by atoms with Gasteiger partial charge in [-0.3, -0.25) is 14.2 Å². The van der Waals surface area contributed by atoms with Crippen LogP contribution in [0.1, 0.15) is 19.3 Å². The molecule has 1 aromatic carbocycles. The van der Waals surface area contributed by atoms with Crippen molar-refractivity contribution in [1.82, 2.24) is 24.4 Å². The summed E-state index contributed by atoms with van der Waals surface area (Å²) < 4.78 is 8.09. The zero-order valence-electron chi connectivity index (χ0n) is 15.7. The lowest BCUT2D eigenvalue weighted by Crippen LogP contribution is -2.44. The molecular weight excluding hydrogens is 438 g/mol. The van der Waals surface area contributed by atoms with Gasteiger partial charge in [-0.2, -0.15) is 0 Å². The van der Waals surface area contributed by atoms with Gasteiger partial charge < -0.3 is 9.64 Å². The van der Waals surface area contributed by atoms with Gasteiger partial charge in [-0.1, -0.05) is 12.1 Å². The van der Waals surface area contributed by atoms with Crippen molar-refractivity contribution in [3.8, 4) is 6.01 Å². The number of amides is 1. The van der Waals surface area contributed by atoms with E-state index in [1.165, 1.54) is 10.9 Å². The Kier molecular flexibility index (Phi) is 5.84. The van der Waals surface area contributed by atoms with Crippen molar-refractivity contribution >= 4 is 32.7 Å².